The average molecular weight is 347 g/mol. The summed E-state index contributed by atoms with van der Waals surface area (Å²) in [6.07, 6.45) is 3.52. The van der Waals surface area contributed by atoms with E-state index in [0.717, 1.165) is 19.3 Å². The molecule has 1 amide bonds. The summed E-state index contributed by atoms with van der Waals surface area (Å²) in [5, 5.41) is 5.75. The minimum absolute atomic E-state index is 0.0304. The Balaban J connectivity index is 3.42. The van der Waals surface area contributed by atoms with E-state index in [-0.39, 0.29) is 17.9 Å². The van der Waals surface area contributed by atoms with Crippen molar-refractivity contribution in [1.82, 2.24) is 10.6 Å². The summed E-state index contributed by atoms with van der Waals surface area (Å²) in [4.78, 5) is 23.0. The molecule has 0 radical (unpaired) electrons. The third-order valence-corrected chi connectivity index (χ3v) is 3.41. The normalized spacial score (nSPS) is 12.0. The van der Waals surface area contributed by atoms with E-state index in [1.54, 1.807) is 7.05 Å². The number of nitrogens with two attached hydrogens (primary N) is 1. The van der Waals surface area contributed by atoms with Crippen molar-refractivity contribution in [1.29, 1.82) is 0 Å². The lowest BCUT2D eigenvalue weighted by molar-refractivity contribution is -0.143. The number of amides is 1. The predicted molar refractivity (Wildman–Crippen MR) is 91.7 cm³/mol. The number of rotatable bonds is 16. The summed E-state index contributed by atoms with van der Waals surface area (Å²) in [5.41, 5.74) is 5.35. The number of nitrogens with one attached hydrogen (secondary N) is 2. The molecule has 0 aliphatic rings. The fourth-order valence-electron chi connectivity index (χ4n) is 1.98. The van der Waals surface area contributed by atoms with Crippen molar-refractivity contribution in [3.63, 3.8) is 0 Å². The van der Waals surface area contributed by atoms with Gasteiger partial charge in [-0.05, 0) is 39.3 Å². The third-order valence-electron chi connectivity index (χ3n) is 3.41. The lowest BCUT2D eigenvalue weighted by atomic mass is 10.1. The van der Waals surface area contributed by atoms with Gasteiger partial charge in [0.25, 0.3) is 0 Å². The zero-order valence-corrected chi connectivity index (χ0v) is 15.0. The summed E-state index contributed by atoms with van der Waals surface area (Å²) >= 11 is 0. The molecule has 8 nitrogen and oxygen atoms in total. The van der Waals surface area contributed by atoms with Gasteiger partial charge in [0.2, 0.25) is 5.91 Å². The first-order valence-corrected chi connectivity index (χ1v) is 8.53. The van der Waals surface area contributed by atoms with Crippen molar-refractivity contribution >= 4 is 11.9 Å². The monoisotopic (exact) mass is 347 g/mol. The summed E-state index contributed by atoms with van der Waals surface area (Å²) < 4.78 is 15.3. The van der Waals surface area contributed by atoms with Crippen LogP contribution in [-0.2, 0) is 23.8 Å². The van der Waals surface area contributed by atoms with Crippen LogP contribution in [0, 0.1) is 0 Å². The molecule has 0 aromatic heterocycles. The number of hydrogen-bond acceptors (Lipinski definition) is 7. The molecule has 8 heteroatoms. The fraction of sp³-hybridized carbons (Fsp3) is 0.875. The maximum atomic E-state index is 11.6. The number of hydrogen-bond donors (Lipinski definition) is 3. The zero-order valence-electron chi connectivity index (χ0n) is 15.0. The number of methoxy groups -OCH3 is 1. The van der Waals surface area contributed by atoms with Gasteiger partial charge in [-0.25, -0.2) is 0 Å². The number of esters is 1. The summed E-state index contributed by atoms with van der Waals surface area (Å²) in [6.45, 7) is 3.25. The molecule has 0 rings (SSSR count). The minimum Gasteiger partial charge on any atom is -0.468 e. The summed E-state index contributed by atoms with van der Waals surface area (Å²) in [6, 6.07) is -0.286. The van der Waals surface area contributed by atoms with Gasteiger partial charge in [-0.15, -0.1) is 0 Å². The van der Waals surface area contributed by atoms with E-state index in [1.165, 1.54) is 7.11 Å². The van der Waals surface area contributed by atoms with Crippen molar-refractivity contribution in [2.24, 2.45) is 5.73 Å². The van der Waals surface area contributed by atoms with E-state index in [9.17, 15) is 9.59 Å². The molecule has 1 unspecified atom stereocenters. The van der Waals surface area contributed by atoms with Gasteiger partial charge in [0.15, 0.2) is 0 Å². The molecule has 142 valence electrons. The molecule has 0 spiro atoms. The van der Waals surface area contributed by atoms with Crippen LogP contribution in [0.4, 0.5) is 0 Å². The van der Waals surface area contributed by atoms with Crippen LogP contribution in [-0.4, -0.2) is 71.6 Å². The molecule has 0 fully saturated rings. The number of unbranched alkanes of at least 4 members (excludes halogenated alkanes) is 1. The molecule has 0 aliphatic carbocycles. The highest BCUT2D eigenvalue weighted by atomic mass is 16.5. The lowest BCUT2D eigenvalue weighted by Gasteiger charge is -2.13. The summed E-state index contributed by atoms with van der Waals surface area (Å²) in [5.74, 6) is -0.289. The van der Waals surface area contributed by atoms with Gasteiger partial charge in [0.05, 0.1) is 26.9 Å². The van der Waals surface area contributed by atoms with Crippen molar-refractivity contribution in [3.05, 3.63) is 0 Å². The third kappa shape index (κ3) is 13.2. The predicted octanol–water partition coefficient (Wildman–Crippen LogP) is -0.194. The second-order valence-electron chi connectivity index (χ2n) is 5.33. The largest absolute Gasteiger partial charge is 0.468 e. The topological polar surface area (TPSA) is 112 Å². The molecule has 24 heavy (non-hydrogen) atoms. The maximum absolute atomic E-state index is 11.6. The van der Waals surface area contributed by atoms with E-state index in [4.69, 9.17) is 19.9 Å². The lowest BCUT2D eigenvalue weighted by Crippen LogP contribution is -2.35. The van der Waals surface area contributed by atoms with Crippen LogP contribution in [0.5, 0.6) is 0 Å². The van der Waals surface area contributed by atoms with Gasteiger partial charge < -0.3 is 30.6 Å². The standard InChI is InChI=1S/C16H33N3O5/c1-18-14(16(21)22-2)6-3-4-9-19-15(20)7-11-24-13-12-23-10-5-8-17/h14,18H,3-13,17H2,1-2H3,(H,19,20). The smallest absolute Gasteiger partial charge is 0.322 e. The van der Waals surface area contributed by atoms with Crippen LogP contribution < -0.4 is 16.4 Å². The molecule has 0 saturated carbocycles. The molecule has 1 atom stereocenters. The molecule has 0 saturated heterocycles. The first-order valence-electron chi connectivity index (χ1n) is 8.53. The first-order chi connectivity index (χ1) is 11.7. The van der Waals surface area contributed by atoms with Gasteiger partial charge in [-0.1, -0.05) is 0 Å². The van der Waals surface area contributed by atoms with Crippen LogP contribution in [0.1, 0.15) is 32.1 Å². The van der Waals surface area contributed by atoms with E-state index in [1.807, 2.05) is 0 Å². The number of carbonyl (C=O) groups is 2. The van der Waals surface area contributed by atoms with E-state index < -0.39 is 0 Å². The quantitative estimate of drug-likeness (QED) is 0.262. The molecule has 4 N–H and O–H groups in total. The van der Waals surface area contributed by atoms with E-state index in [0.29, 0.717) is 52.4 Å². The first kappa shape index (κ1) is 22.8. The highest BCUT2D eigenvalue weighted by Gasteiger charge is 2.15. The molecule has 0 heterocycles. The number of carbonyl (C=O) groups excluding carboxylic acids is 2. The van der Waals surface area contributed by atoms with Crippen LogP contribution in [0.3, 0.4) is 0 Å². The van der Waals surface area contributed by atoms with Crippen molar-refractivity contribution < 1.29 is 23.8 Å². The second kappa shape index (κ2) is 16.6. The number of likely N-dealkylation sites (N-methyl/N-ethyl adjacent to an activating group) is 1. The average Bonchev–Trinajstić information content (AvgIpc) is 2.59. The highest BCUT2D eigenvalue weighted by molar-refractivity contribution is 5.76. The van der Waals surface area contributed by atoms with Gasteiger partial charge in [0, 0.05) is 19.6 Å². The molecular weight excluding hydrogens is 314 g/mol. The Labute approximate surface area is 144 Å². The molecular formula is C16H33N3O5. The zero-order chi connectivity index (χ0) is 18.0. The van der Waals surface area contributed by atoms with Crippen LogP contribution >= 0.6 is 0 Å². The van der Waals surface area contributed by atoms with Gasteiger partial charge in [0.1, 0.15) is 6.04 Å². The van der Waals surface area contributed by atoms with Crippen molar-refractivity contribution in [2.45, 2.75) is 38.1 Å². The Hall–Kier alpha value is -1.22. The molecule has 0 aliphatic heterocycles. The fourth-order valence-corrected chi connectivity index (χ4v) is 1.98. The minimum atomic E-state index is -0.286. The van der Waals surface area contributed by atoms with Crippen molar-refractivity contribution in [3.8, 4) is 0 Å². The highest BCUT2D eigenvalue weighted by Crippen LogP contribution is 2.02. The second-order valence-corrected chi connectivity index (χ2v) is 5.33. The molecule has 0 aromatic rings. The number of ether oxygens (including phenoxy) is 3. The van der Waals surface area contributed by atoms with E-state index >= 15 is 0 Å². The molecule has 0 bridgehead atoms. The summed E-state index contributed by atoms with van der Waals surface area (Å²) in [7, 11) is 3.11. The maximum Gasteiger partial charge on any atom is 0.322 e. The van der Waals surface area contributed by atoms with Crippen molar-refractivity contribution in [2.75, 3.05) is 53.7 Å². The Morgan fingerprint density at radius 1 is 1.04 bits per heavy atom. The molecule has 0 aromatic carbocycles. The Morgan fingerprint density at radius 3 is 2.38 bits per heavy atom. The Bertz CT molecular complexity index is 329. The van der Waals surface area contributed by atoms with Gasteiger partial charge >= 0.3 is 5.97 Å². The van der Waals surface area contributed by atoms with E-state index in [2.05, 4.69) is 10.6 Å². The SMILES string of the molecule is CNC(CCCCNC(=O)CCOCCOCCCN)C(=O)OC. The van der Waals surface area contributed by atoms with Gasteiger partial charge in [-0.3, -0.25) is 9.59 Å². The van der Waals surface area contributed by atoms with Gasteiger partial charge in [-0.2, -0.15) is 0 Å². The van der Waals surface area contributed by atoms with Crippen LogP contribution in [0.2, 0.25) is 0 Å². The van der Waals surface area contributed by atoms with Crippen LogP contribution in [0.25, 0.3) is 0 Å². The Morgan fingerprint density at radius 2 is 1.75 bits per heavy atom. The Kier molecular flexibility index (Phi) is 15.8. The van der Waals surface area contributed by atoms with Crippen LogP contribution in [0.15, 0.2) is 0 Å².